The van der Waals surface area contributed by atoms with Crippen molar-refractivity contribution in [3.05, 3.63) is 36.3 Å². The van der Waals surface area contributed by atoms with E-state index < -0.39 is 0 Å². The number of hydrogen-bond acceptors (Lipinski definition) is 7. The number of nitrogens with one attached hydrogen (secondary N) is 1. The predicted molar refractivity (Wildman–Crippen MR) is 103 cm³/mol. The predicted octanol–water partition coefficient (Wildman–Crippen LogP) is 1.97. The molecule has 144 valence electrons. The van der Waals surface area contributed by atoms with E-state index >= 15 is 0 Å². The van der Waals surface area contributed by atoms with E-state index in [1.807, 2.05) is 26.0 Å². The minimum absolute atomic E-state index is 0.0164. The summed E-state index contributed by atoms with van der Waals surface area (Å²) in [5.74, 6) is 1.76. The number of anilines is 2. The first-order chi connectivity index (χ1) is 13.0. The highest BCUT2D eigenvalue weighted by molar-refractivity contribution is 5.77. The van der Waals surface area contributed by atoms with Crippen molar-refractivity contribution in [2.75, 3.05) is 23.3 Å². The molecule has 0 spiro atoms. The molecule has 8 heteroatoms. The van der Waals surface area contributed by atoms with Gasteiger partial charge in [-0.2, -0.15) is 0 Å². The van der Waals surface area contributed by atoms with Crippen LogP contribution in [0.25, 0.3) is 0 Å². The number of amides is 1. The normalized spacial score (nSPS) is 15.0. The van der Waals surface area contributed by atoms with Gasteiger partial charge in [-0.15, -0.1) is 0 Å². The number of primary amides is 1. The molecular formula is C19H26N6O2. The molecule has 3 heterocycles. The quantitative estimate of drug-likeness (QED) is 0.767. The number of hydrogen-bond donors (Lipinski definition) is 2. The Morgan fingerprint density at radius 2 is 2.00 bits per heavy atom. The zero-order chi connectivity index (χ0) is 19.2. The van der Waals surface area contributed by atoms with Gasteiger partial charge in [0, 0.05) is 49.7 Å². The molecule has 3 N–H and O–H groups in total. The molecule has 0 saturated carbocycles. The van der Waals surface area contributed by atoms with Gasteiger partial charge in [0.2, 0.25) is 5.91 Å². The Kier molecular flexibility index (Phi) is 6.05. The molecule has 0 bridgehead atoms. The van der Waals surface area contributed by atoms with Gasteiger partial charge in [0.25, 0.3) is 5.88 Å². The highest BCUT2D eigenvalue weighted by atomic mass is 16.5. The largest absolute Gasteiger partial charge is 0.472 e. The number of piperidine rings is 1. The maximum absolute atomic E-state index is 11.4. The second-order valence-corrected chi connectivity index (χ2v) is 6.88. The number of nitrogens with two attached hydrogens (primary N) is 1. The Morgan fingerprint density at radius 1 is 1.26 bits per heavy atom. The van der Waals surface area contributed by atoms with E-state index in [1.54, 1.807) is 18.6 Å². The summed E-state index contributed by atoms with van der Waals surface area (Å²) >= 11 is 0. The Hall–Kier alpha value is -2.90. The van der Waals surface area contributed by atoms with Gasteiger partial charge in [0.1, 0.15) is 5.82 Å². The Bertz CT molecular complexity index is 774. The third kappa shape index (κ3) is 4.84. The molecule has 1 amide bonds. The molecule has 1 aliphatic rings. The molecule has 2 aromatic heterocycles. The van der Waals surface area contributed by atoms with Crippen LogP contribution in [0, 0.1) is 5.92 Å². The summed E-state index contributed by atoms with van der Waals surface area (Å²) in [5, 5.41) is 3.30. The lowest BCUT2D eigenvalue weighted by Gasteiger charge is -2.32. The number of nitrogens with zero attached hydrogens (tertiary/aromatic N) is 4. The van der Waals surface area contributed by atoms with Crippen LogP contribution in [0.1, 0.15) is 32.3 Å². The van der Waals surface area contributed by atoms with Gasteiger partial charge in [0.05, 0.1) is 6.10 Å². The Morgan fingerprint density at radius 3 is 2.70 bits per heavy atom. The molecule has 0 aliphatic carbocycles. The van der Waals surface area contributed by atoms with E-state index in [2.05, 4.69) is 25.2 Å². The fraction of sp³-hybridized carbons (Fsp3) is 0.474. The highest BCUT2D eigenvalue weighted by Crippen LogP contribution is 2.26. The number of carbonyl (C=O) groups excluding carboxylic acids is 1. The van der Waals surface area contributed by atoms with E-state index in [4.69, 9.17) is 10.5 Å². The summed E-state index contributed by atoms with van der Waals surface area (Å²) in [7, 11) is 0. The van der Waals surface area contributed by atoms with Crippen molar-refractivity contribution in [1.82, 2.24) is 15.0 Å². The average Bonchev–Trinajstić information content (AvgIpc) is 2.67. The van der Waals surface area contributed by atoms with Gasteiger partial charge in [-0.3, -0.25) is 4.79 Å². The van der Waals surface area contributed by atoms with Crippen LogP contribution in [0.15, 0.2) is 30.7 Å². The van der Waals surface area contributed by atoms with Crippen LogP contribution in [0.3, 0.4) is 0 Å². The lowest BCUT2D eigenvalue weighted by molar-refractivity contribution is -0.122. The van der Waals surface area contributed by atoms with Gasteiger partial charge >= 0.3 is 0 Å². The molecule has 27 heavy (non-hydrogen) atoms. The van der Waals surface area contributed by atoms with Crippen LogP contribution in [-0.2, 0) is 11.3 Å². The molecule has 1 fully saturated rings. The molecule has 8 nitrogen and oxygen atoms in total. The lowest BCUT2D eigenvalue weighted by Crippen LogP contribution is -2.39. The van der Waals surface area contributed by atoms with Gasteiger partial charge in [-0.25, -0.2) is 15.0 Å². The second-order valence-electron chi connectivity index (χ2n) is 6.88. The molecule has 0 aromatic carbocycles. The van der Waals surface area contributed by atoms with E-state index in [-0.39, 0.29) is 17.9 Å². The number of pyridine rings is 1. The molecule has 2 aromatic rings. The topological polar surface area (TPSA) is 106 Å². The van der Waals surface area contributed by atoms with Crippen LogP contribution in [0.5, 0.6) is 5.88 Å². The van der Waals surface area contributed by atoms with Crippen molar-refractivity contribution >= 4 is 17.5 Å². The third-order valence-corrected chi connectivity index (χ3v) is 4.52. The summed E-state index contributed by atoms with van der Waals surface area (Å²) < 4.78 is 5.71. The second kappa shape index (κ2) is 8.66. The monoisotopic (exact) mass is 370 g/mol. The first-order valence-electron chi connectivity index (χ1n) is 9.24. The van der Waals surface area contributed by atoms with Gasteiger partial charge < -0.3 is 20.7 Å². The maximum Gasteiger partial charge on any atom is 0.257 e. The highest BCUT2D eigenvalue weighted by Gasteiger charge is 2.25. The number of ether oxygens (including phenoxy) is 1. The maximum atomic E-state index is 11.4. The molecule has 1 saturated heterocycles. The molecule has 0 atom stereocenters. The van der Waals surface area contributed by atoms with Crippen LogP contribution in [0.4, 0.5) is 11.6 Å². The van der Waals surface area contributed by atoms with E-state index in [1.165, 1.54) is 0 Å². The minimum Gasteiger partial charge on any atom is -0.472 e. The van der Waals surface area contributed by atoms with Crippen LogP contribution < -0.4 is 20.7 Å². The third-order valence-electron chi connectivity index (χ3n) is 4.52. The summed E-state index contributed by atoms with van der Waals surface area (Å²) in [6.45, 7) is 5.99. The van der Waals surface area contributed by atoms with Gasteiger partial charge in [-0.1, -0.05) is 6.07 Å². The number of rotatable bonds is 7. The average molecular weight is 370 g/mol. The first kappa shape index (κ1) is 18.9. The standard InChI is InChI=1S/C19H26N6O2/c1-13(2)27-19-17(21-8-9-23-19)24-12-15-4-3-7-22-18(15)25-10-5-14(6-11-25)16(20)26/h3-4,7-9,13-14H,5-6,10-12H2,1-2H3,(H2,20,26)(H,21,24). The zero-order valence-corrected chi connectivity index (χ0v) is 15.8. The van der Waals surface area contributed by atoms with Crippen molar-refractivity contribution in [2.24, 2.45) is 11.7 Å². The summed E-state index contributed by atoms with van der Waals surface area (Å²) in [5.41, 5.74) is 6.49. The van der Waals surface area contributed by atoms with Gasteiger partial charge in [-0.05, 0) is 32.8 Å². The van der Waals surface area contributed by atoms with Crippen molar-refractivity contribution < 1.29 is 9.53 Å². The van der Waals surface area contributed by atoms with Crippen molar-refractivity contribution in [1.29, 1.82) is 0 Å². The van der Waals surface area contributed by atoms with Gasteiger partial charge in [0.15, 0.2) is 5.82 Å². The first-order valence-corrected chi connectivity index (χ1v) is 9.24. The minimum atomic E-state index is -0.210. The SMILES string of the molecule is CC(C)Oc1nccnc1NCc1cccnc1N1CCC(C(N)=O)CC1. The van der Waals surface area contributed by atoms with Crippen LogP contribution >= 0.6 is 0 Å². The van der Waals surface area contributed by atoms with Crippen molar-refractivity contribution in [3.8, 4) is 5.88 Å². The fourth-order valence-corrected chi connectivity index (χ4v) is 3.16. The smallest absolute Gasteiger partial charge is 0.257 e. The summed E-state index contributed by atoms with van der Waals surface area (Å²) in [6.07, 6.45) is 6.57. The van der Waals surface area contributed by atoms with Crippen molar-refractivity contribution in [2.45, 2.75) is 39.3 Å². The van der Waals surface area contributed by atoms with E-state index in [9.17, 15) is 4.79 Å². The zero-order valence-electron chi connectivity index (χ0n) is 15.8. The Balaban J connectivity index is 1.70. The van der Waals surface area contributed by atoms with Crippen LogP contribution in [0.2, 0.25) is 0 Å². The molecular weight excluding hydrogens is 344 g/mol. The number of aromatic nitrogens is 3. The van der Waals surface area contributed by atoms with E-state index in [0.717, 1.165) is 37.3 Å². The van der Waals surface area contributed by atoms with Crippen LogP contribution in [-0.4, -0.2) is 40.1 Å². The molecule has 0 unspecified atom stereocenters. The summed E-state index contributed by atoms with van der Waals surface area (Å²) in [6, 6.07) is 3.95. The Labute approximate surface area is 159 Å². The van der Waals surface area contributed by atoms with E-state index in [0.29, 0.717) is 18.2 Å². The summed E-state index contributed by atoms with van der Waals surface area (Å²) in [4.78, 5) is 26.7. The number of carbonyl (C=O) groups is 1. The lowest BCUT2D eigenvalue weighted by atomic mass is 9.96. The van der Waals surface area contributed by atoms with Crippen molar-refractivity contribution in [3.63, 3.8) is 0 Å². The molecule has 1 aliphatic heterocycles. The fourth-order valence-electron chi connectivity index (χ4n) is 3.16. The molecule has 3 rings (SSSR count). The molecule has 0 radical (unpaired) electrons.